The van der Waals surface area contributed by atoms with E-state index >= 15 is 0 Å². The molecule has 0 fully saturated rings. The Morgan fingerprint density at radius 2 is 2.05 bits per heavy atom. The van der Waals surface area contributed by atoms with Crippen molar-refractivity contribution in [3.8, 4) is 0 Å². The van der Waals surface area contributed by atoms with E-state index in [-0.39, 0.29) is 5.91 Å². The van der Waals surface area contributed by atoms with E-state index in [0.717, 1.165) is 18.5 Å². The lowest BCUT2D eigenvalue weighted by atomic mass is 10.1. The van der Waals surface area contributed by atoms with Crippen molar-refractivity contribution in [3.05, 3.63) is 65.2 Å². The largest absolute Gasteiger partial charge is 0.366 e. The van der Waals surface area contributed by atoms with Gasteiger partial charge in [0, 0.05) is 23.8 Å². The minimum Gasteiger partial charge on any atom is -0.366 e. The number of nitrogens with two attached hydrogens (primary N) is 1. The normalized spacial score (nSPS) is 17.1. The van der Waals surface area contributed by atoms with Crippen molar-refractivity contribution in [1.82, 2.24) is 0 Å². The van der Waals surface area contributed by atoms with Gasteiger partial charge in [-0.3, -0.25) is 4.79 Å². The Balaban J connectivity index is 1.88. The summed E-state index contributed by atoms with van der Waals surface area (Å²) in [5, 5.41) is 0. The van der Waals surface area contributed by atoms with Gasteiger partial charge in [-0.15, -0.1) is 0 Å². The number of rotatable bonds is 3. The zero-order chi connectivity index (χ0) is 14.1. The van der Waals surface area contributed by atoms with Crippen LogP contribution in [0.1, 0.15) is 28.4 Å². The summed E-state index contributed by atoms with van der Waals surface area (Å²) in [6.07, 6.45) is 1.08. The molecule has 1 atom stereocenters. The third-order valence-corrected chi connectivity index (χ3v) is 3.91. The van der Waals surface area contributed by atoms with Crippen molar-refractivity contribution in [2.24, 2.45) is 5.73 Å². The van der Waals surface area contributed by atoms with Crippen LogP contribution in [0.3, 0.4) is 0 Å². The molecule has 0 unspecified atom stereocenters. The van der Waals surface area contributed by atoms with Crippen LogP contribution in [-0.2, 0) is 13.0 Å². The molecule has 0 bridgehead atoms. The number of nitrogens with zero attached hydrogens (tertiary/aromatic N) is 1. The van der Waals surface area contributed by atoms with Crippen molar-refractivity contribution < 1.29 is 4.79 Å². The first kappa shape index (κ1) is 12.7. The summed E-state index contributed by atoms with van der Waals surface area (Å²) < 4.78 is 0. The number of carbonyl (C=O) groups excluding carboxylic acids is 1. The van der Waals surface area contributed by atoms with Crippen LogP contribution in [-0.4, -0.2) is 11.9 Å². The second kappa shape index (κ2) is 5.00. The van der Waals surface area contributed by atoms with Crippen molar-refractivity contribution in [2.45, 2.75) is 25.9 Å². The molecule has 0 saturated carbocycles. The van der Waals surface area contributed by atoms with E-state index < -0.39 is 0 Å². The fourth-order valence-corrected chi connectivity index (χ4v) is 2.89. The van der Waals surface area contributed by atoms with Gasteiger partial charge in [0.15, 0.2) is 0 Å². The number of primary amides is 1. The Hall–Kier alpha value is -2.29. The highest BCUT2D eigenvalue weighted by atomic mass is 16.1. The molecule has 1 aliphatic heterocycles. The molecule has 2 N–H and O–H groups in total. The van der Waals surface area contributed by atoms with Gasteiger partial charge in [0.1, 0.15) is 0 Å². The predicted octanol–water partition coefficient (Wildman–Crippen LogP) is 2.74. The fourth-order valence-electron chi connectivity index (χ4n) is 2.89. The molecule has 0 aliphatic carbocycles. The van der Waals surface area contributed by atoms with E-state index in [0.29, 0.717) is 11.6 Å². The summed E-state index contributed by atoms with van der Waals surface area (Å²) in [5.41, 5.74) is 9.72. The van der Waals surface area contributed by atoms with Crippen LogP contribution >= 0.6 is 0 Å². The summed E-state index contributed by atoms with van der Waals surface area (Å²) in [6.45, 7) is 3.04. The maximum absolute atomic E-state index is 11.3. The minimum atomic E-state index is -0.373. The molecular weight excluding hydrogens is 248 g/mol. The average Bonchev–Trinajstić information content (AvgIpc) is 2.76. The molecule has 3 nitrogen and oxygen atoms in total. The second-order valence-electron chi connectivity index (χ2n) is 5.37. The number of hydrogen-bond acceptors (Lipinski definition) is 2. The minimum absolute atomic E-state index is 0.373. The van der Waals surface area contributed by atoms with Gasteiger partial charge in [0.2, 0.25) is 5.91 Å². The van der Waals surface area contributed by atoms with Crippen molar-refractivity contribution in [2.75, 3.05) is 4.90 Å². The number of carbonyl (C=O) groups is 1. The number of hydrogen-bond donors (Lipinski definition) is 1. The lowest BCUT2D eigenvalue weighted by molar-refractivity contribution is 0.1000. The van der Waals surface area contributed by atoms with Gasteiger partial charge >= 0.3 is 0 Å². The molecule has 0 aromatic heterocycles. The second-order valence-corrected chi connectivity index (χ2v) is 5.37. The van der Waals surface area contributed by atoms with Crippen molar-refractivity contribution >= 4 is 11.6 Å². The summed E-state index contributed by atoms with van der Waals surface area (Å²) >= 11 is 0. The molecule has 102 valence electrons. The highest BCUT2D eigenvalue weighted by Crippen LogP contribution is 2.33. The van der Waals surface area contributed by atoms with Crippen LogP contribution in [0.2, 0.25) is 0 Å². The highest BCUT2D eigenvalue weighted by molar-refractivity contribution is 5.92. The first-order valence-electron chi connectivity index (χ1n) is 6.88. The smallest absolute Gasteiger partial charge is 0.248 e. The van der Waals surface area contributed by atoms with Gasteiger partial charge in [-0.25, -0.2) is 0 Å². The number of amides is 1. The van der Waals surface area contributed by atoms with Crippen LogP contribution < -0.4 is 10.6 Å². The molecule has 2 aromatic carbocycles. The van der Waals surface area contributed by atoms with Crippen molar-refractivity contribution in [1.29, 1.82) is 0 Å². The van der Waals surface area contributed by atoms with Gasteiger partial charge in [0.05, 0.1) is 0 Å². The van der Waals surface area contributed by atoms with Crippen molar-refractivity contribution in [3.63, 3.8) is 0 Å². The molecule has 0 spiro atoms. The maximum atomic E-state index is 11.3. The van der Waals surface area contributed by atoms with Gasteiger partial charge < -0.3 is 10.6 Å². The predicted molar refractivity (Wildman–Crippen MR) is 80.8 cm³/mol. The van der Waals surface area contributed by atoms with Crippen LogP contribution in [0.15, 0.2) is 48.5 Å². The van der Waals surface area contributed by atoms with Gasteiger partial charge in [-0.2, -0.15) is 0 Å². The highest BCUT2D eigenvalue weighted by Gasteiger charge is 2.25. The van der Waals surface area contributed by atoms with Crippen LogP contribution in [0.5, 0.6) is 0 Å². The number of benzene rings is 2. The Morgan fingerprint density at radius 1 is 1.25 bits per heavy atom. The van der Waals surface area contributed by atoms with Gasteiger partial charge in [-0.05, 0) is 42.7 Å². The lowest BCUT2D eigenvalue weighted by Gasteiger charge is -2.25. The van der Waals surface area contributed by atoms with E-state index in [1.807, 2.05) is 18.2 Å². The standard InChI is InChI=1S/C17H18N2O/c1-12-9-14-6-2-3-8-16(14)19(12)11-13-5-4-7-15(10-13)17(18)20/h2-8,10,12H,9,11H2,1H3,(H2,18,20)/t12-/m0/s1. The molecular formula is C17H18N2O. The van der Waals surface area contributed by atoms with E-state index in [1.165, 1.54) is 11.3 Å². The SMILES string of the molecule is C[C@H]1Cc2ccccc2N1Cc1cccc(C(N)=O)c1. The molecule has 3 rings (SSSR count). The molecule has 1 amide bonds. The Morgan fingerprint density at radius 3 is 2.85 bits per heavy atom. The van der Waals surface area contributed by atoms with Gasteiger partial charge in [0.25, 0.3) is 0 Å². The average molecular weight is 266 g/mol. The lowest BCUT2D eigenvalue weighted by Crippen LogP contribution is -2.28. The Labute approximate surface area is 119 Å². The topological polar surface area (TPSA) is 46.3 Å². The third-order valence-electron chi connectivity index (χ3n) is 3.91. The number of anilines is 1. The molecule has 2 aromatic rings. The summed E-state index contributed by atoms with van der Waals surface area (Å²) in [4.78, 5) is 13.6. The molecule has 3 heteroatoms. The molecule has 1 heterocycles. The van der Waals surface area contributed by atoms with E-state index in [9.17, 15) is 4.79 Å². The monoisotopic (exact) mass is 266 g/mol. The zero-order valence-corrected chi connectivity index (χ0v) is 11.5. The summed E-state index contributed by atoms with van der Waals surface area (Å²) in [5.74, 6) is -0.373. The summed E-state index contributed by atoms with van der Waals surface area (Å²) in [6, 6.07) is 16.6. The molecule has 0 radical (unpaired) electrons. The van der Waals surface area contributed by atoms with Crippen LogP contribution in [0.4, 0.5) is 5.69 Å². The van der Waals surface area contributed by atoms with E-state index in [1.54, 1.807) is 6.07 Å². The maximum Gasteiger partial charge on any atom is 0.248 e. The number of fused-ring (bicyclic) bond motifs is 1. The third kappa shape index (κ3) is 2.27. The van der Waals surface area contributed by atoms with E-state index in [2.05, 4.69) is 36.1 Å². The fraction of sp³-hybridized carbons (Fsp3) is 0.235. The quantitative estimate of drug-likeness (QED) is 0.928. The van der Waals surface area contributed by atoms with Crippen LogP contribution in [0, 0.1) is 0 Å². The summed E-state index contributed by atoms with van der Waals surface area (Å²) in [7, 11) is 0. The Kier molecular flexibility index (Phi) is 3.18. The molecule has 0 saturated heterocycles. The van der Waals surface area contributed by atoms with Gasteiger partial charge in [-0.1, -0.05) is 30.3 Å². The first-order valence-corrected chi connectivity index (χ1v) is 6.88. The van der Waals surface area contributed by atoms with Crippen LogP contribution in [0.25, 0.3) is 0 Å². The Bertz CT molecular complexity index is 651. The zero-order valence-electron chi connectivity index (χ0n) is 11.5. The molecule has 20 heavy (non-hydrogen) atoms. The van der Waals surface area contributed by atoms with E-state index in [4.69, 9.17) is 5.73 Å². The first-order chi connectivity index (χ1) is 9.65. The number of para-hydroxylation sites is 1. The molecule has 1 aliphatic rings.